The van der Waals surface area contributed by atoms with Crippen LogP contribution in [0.4, 0.5) is 16.0 Å². The van der Waals surface area contributed by atoms with Crippen LogP contribution in [0.2, 0.25) is 0 Å². The highest BCUT2D eigenvalue weighted by molar-refractivity contribution is 7.92. The first-order valence-corrected chi connectivity index (χ1v) is 12.1. The van der Waals surface area contributed by atoms with Crippen molar-refractivity contribution in [3.8, 4) is 11.1 Å². The molecule has 0 radical (unpaired) electrons. The van der Waals surface area contributed by atoms with E-state index in [0.29, 0.717) is 23.0 Å². The zero-order valence-electron chi connectivity index (χ0n) is 18.2. The number of hydrogen-bond donors (Lipinski definition) is 2. The summed E-state index contributed by atoms with van der Waals surface area (Å²) in [7, 11) is -3.67. The molecule has 10 heteroatoms. The molecular weight excluding hydrogens is 433 g/mol. The number of sulfonamides is 1. The average Bonchev–Trinajstić information content (AvgIpc) is 3.45. The number of nitrogens with one attached hydrogen (secondary N) is 1. The normalized spacial score (nSPS) is 15.3. The van der Waals surface area contributed by atoms with Gasteiger partial charge in [0, 0.05) is 23.2 Å². The average molecular weight is 460 g/mol. The Labute approximate surface area is 185 Å². The molecule has 1 fully saturated rings. The Hall–Kier alpha value is -3.01. The largest absolute Gasteiger partial charge is 0.368 e. The maximum atomic E-state index is 14.8. The molecule has 0 unspecified atom stereocenters. The lowest BCUT2D eigenvalue weighted by Gasteiger charge is -2.16. The van der Waals surface area contributed by atoms with Gasteiger partial charge in [0.25, 0.3) is 5.56 Å². The molecule has 2 aromatic heterocycles. The first-order chi connectivity index (χ1) is 15.0. The zero-order chi connectivity index (χ0) is 23.3. The Bertz CT molecular complexity index is 1360. The van der Waals surface area contributed by atoms with E-state index in [2.05, 4.69) is 14.7 Å². The molecular formula is C22H26FN5O3S. The SMILES string of the molecule is CC(C)n1c(=O)c(-c2ccc(NS(=O)(=O)CCC3(C)CC3)c(F)c2)cc2cnc(N)nc21. The number of halogens is 1. The first-order valence-electron chi connectivity index (χ1n) is 10.5. The van der Waals surface area contributed by atoms with Crippen molar-refractivity contribution >= 4 is 32.7 Å². The minimum atomic E-state index is -3.67. The van der Waals surface area contributed by atoms with E-state index in [1.165, 1.54) is 22.9 Å². The summed E-state index contributed by atoms with van der Waals surface area (Å²) >= 11 is 0. The van der Waals surface area contributed by atoms with Crippen molar-refractivity contribution in [1.29, 1.82) is 0 Å². The van der Waals surface area contributed by atoms with Crippen LogP contribution in [0.15, 0.2) is 35.3 Å². The molecule has 8 nitrogen and oxygen atoms in total. The Morgan fingerprint density at radius 3 is 2.62 bits per heavy atom. The summed E-state index contributed by atoms with van der Waals surface area (Å²) in [5.41, 5.74) is 6.26. The number of fused-ring (bicyclic) bond motifs is 1. The van der Waals surface area contributed by atoms with Gasteiger partial charge in [-0.2, -0.15) is 4.98 Å². The summed E-state index contributed by atoms with van der Waals surface area (Å²) in [6.45, 7) is 5.72. The van der Waals surface area contributed by atoms with Gasteiger partial charge < -0.3 is 5.73 Å². The van der Waals surface area contributed by atoms with Crippen molar-refractivity contribution in [1.82, 2.24) is 14.5 Å². The van der Waals surface area contributed by atoms with Crippen LogP contribution in [-0.2, 0) is 10.0 Å². The smallest absolute Gasteiger partial charge is 0.260 e. The van der Waals surface area contributed by atoms with Crippen LogP contribution < -0.4 is 16.0 Å². The van der Waals surface area contributed by atoms with Crippen molar-refractivity contribution < 1.29 is 12.8 Å². The van der Waals surface area contributed by atoms with Crippen molar-refractivity contribution in [2.75, 3.05) is 16.2 Å². The zero-order valence-corrected chi connectivity index (χ0v) is 19.0. The van der Waals surface area contributed by atoms with Gasteiger partial charge in [0.15, 0.2) is 0 Å². The molecule has 0 saturated heterocycles. The molecule has 3 N–H and O–H groups in total. The number of nitrogens with two attached hydrogens (primary N) is 1. The highest BCUT2D eigenvalue weighted by Crippen LogP contribution is 2.48. The second-order valence-electron chi connectivity index (χ2n) is 9.01. The second kappa shape index (κ2) is 7.84. The molecule has 170 valence electrons. The number of aromatic nitrogens is 3. The maximum Gasteiger partial charge on any atom is 0.260 e. The molecule has 1 aromatic carbocycles. The molecule has 0 aliphatic heterocycles. The standard InChI is InChI=1S/C22H26FN5O3S/c1-13(2)28-19-15(12-25-21(24)26-19)10-16(20(28)29)14-4-5-18(17(23)11-14)27-32(30,31)9-8-22(3)6-7-22/h4-5,10-13,27H,6-9H2,1-3H3,(H2,24,25,26). The minimum absolute atomic E-state index is 0.0532. The van der Waals surface area contributed by atoms with Gasteiger partial charge in [-0.1, -0.05) is 13.0 Å². The fraction of sp³-hybridized carbons (Fsp3) is 0.409. The van der Waals surface area contributed by atoms with E-state index in [0.717, 1.165) is 18.9 Å². The molecule has 0 spiro atoms. The van der Waals surface area contributed by atoms with E-state index in [-0.39, 0.29) is 40.0 Å². The van der Waals surface area contributed by atoms with Crippen molar-refractivity contribution in [3.63, 3.8) is 0 Å². The highest BCUT2D eigenvalue weighted by atomic mass is 32.2. The molecule has 1 aliphatic rings. The fourth-order valence-electron chi connectivity index (χ4n) is 3.65. The predicted molar refractivity (Wildman–Crippen MR) is 123 cm³/mol. The van der Waals surface area contributed by atoms with Crippen molar-refractivity contribution in [3.05, 3.63) is 46.6 Å². The van der Waals surface area contributed by atoms with Crippen LogP contribution in [0.3, 0.4) is 0 Å². The molecule has 4 rings (SSSR count). The predicted octanol–water partition coefficient (Wildman–Crippen LogP) is 3.69. The van der Waals surface area contributed by atoms with Crippen LogP contribution in [0, 0.1) is 11.2 Å². The monoisotopic (exact) mass is 459 g/mol. The van der Waals surface area contributed by atoms with Gasteiger partial charge in [0.2, 0.25) is 16.0 Å². The van der Waals surface area contributed by atoms with E-state index in [9.17, 15) is 17.6 Å². The number of pyridine rings is 1. The van der Waals surface area contributed by atoms with Gasteiger partial charge in [0.1, 0.15) is 11.5 Å². The van der Waals surface area contributed by atoms with Crippen molar-refractivity contribution in [2.45, 2.75) is 46.1 Å². The van der Waals surface area contributed by atoms with Crippen LogP contribution in [0.1, 0.15) is 46.1 Å². The Morgan fingerprint density at radius 2 is 2.00 bits per heavy atom. The van der Waals surface area contributed by atoms with Crippen LogP contribution >= 0.6 is 0 Å². The number of benzene rings is 1. The van der Waals surface area contributed by atoms with E-state index in [4.69, 9.17) is 5.73 Å². The quantitative estimate of drug-likeness (QED) is 0.556. The van der Waals surface area contributed by atoms with Crippen molar-refractivity contribution in [2.24, 2.45) is 5.41 Å². The third-order valence-electron chi connectivity index (χ3n) is 5.93. The van der Waals surface area contributed by atoms with Gasteiger partial charge in [-0.15, -0.1) is 0 Å². The molecule has 3 aromatic rings. The van der Waals surface area contributed by atoms with Gasteiger partial charge in [-0.05, 0) is 62.3 Å². The number of nitrogens with zero attached hydrogens (tertiary/aromatic N) is 3. The van der Waals surface area contributed by atoms with E-state index < -0.39 is 15.8 Å². The minimum Gasteiger partial charge on any atom is -0.368 e. The topological polar surface area (TPSA) is 120 Å². The third-order valence-corrected chi connectivity index (χ3v) is 7.20. The third kappa shape index (κ3) is 4.45. The molecule has 0 amide bonds. The van der Waals surface area contributed by atoms with Crippen LogP contribution in [0.5, 0.6) is 0 Å². The molecule has 0 bridgehead atoms. The Balaban J connectivity index is 1.69. The number of nitrogen functional groups attached to an aromatic ring is 1. The van der Waals surface area contributed by atoms with Gasteiger partial charge >= 0.3 is 0 Å². The van der Waals surface area contributed by atoms with E-state index in [1.807, 2.05) is 20.8 Å². The van der Waals surface area contributed by atoms with Gasteiger partial charge in [0.05, 0.1) is 11.4 Å². The molecule has 1 saturated carbocycles. The molecule has 1 aliphatic carbocycles. The summed E-state index contributed by atoms with van der Waals surface area (Å²) < 4.78 is 43.4. The van der Waals surface area contributed by atoms with E-state index >= 15 is 0 Å². The molecule has 32 heavy (non-hydrogen) atoms. The summed E-state index contributed by atoms with van der Waals surface area (Å²) in [6.07, 6.45) is 4.09. The summed E-state index contributed by atoms with van der Waals surface area (Å²) in [4.78, 5) is 21.3. The number of anilines is 2. The maximum absolute atomic E-state index is 14.8. The number of rotatable bonds is 7. The Kier molecular flexibility index (Phi) is 5.44. The summed E-state index contributed by atoms with van der Waals surface area (Å²) in [5.74, 6) is -0.761. The highest BCUT2D eigenvalue weighted by Gasteiger charge is 2.37. The fourth-order valence-corrected chi connectivity index (χ4v) is 5.01. The van der Waals surface area contributed by atoms with Crippen LogP contribution in [-0.4, -0.2) is 28.7 Å². The number of hydrogen-bond acceptors (Lipinski definition) is 6. The summed E-state index contributed by atoms with van der Waals surface area (Å²) in [6, 6.07) is 5.39. The lowest BCUT2D eigenvalue weighted by molar-refractivity contribution is 0.537. The first kappa shape index (κ1) is 22.2. The van der Waals surface area contributed by atoms with E-state index in [1.54, 1.807) is 6.07 Å². The van der Waals surface area contributed by atoms with Gasteiger partial charge in [-0.25, -0.2) is 17.8 Å². The lowest BCUT2D eigenvalue weighted by Crippen LogP contribution is -2.25. The lowest BCUT2D eigenvalue weighted by atomic mass is 10.0. The summed E-state index contributed by atoms with van der Waals surface area (Å²) in [5, 5.41) is 0.584. The second-order valence-corrected chi connectivity index (χ2v) is 10.9. The molecule has 2 heterocycles. The van der Waals surface area contributed by atoms with Crippen LogP contribution in [0.25, 0.3) is 22.2 Å². The van der Waals surface area contributed by atoms with Gasteiger partial charge in [-0.3, -0.25) is 14.1 Å². The molecule has 0 atom stereocenters. The Morgan fingerprint density at radius 1 is 1.28 bits per heavy atom.